The lowest BCUT2D eigenvalue weighted by Crippen LogP contribution is -2.20. The van der Waals surface area contributed by atoms with Crippen LogP contribution in [0.4, 0.5) is 0 Å². The largest absolute Gasteiger partial charge is 0.330 e. The molecule has 1 aromatic rings. The van der Waals surface area contributed by atoms with Crippen LogP contribution in [0, 0.1) is 26.7 Å². The minimum absolute atomic E-state index is 0.557. The molecular weight excluding hydrogens is 208 g/mol. The Hall–Kier alpha value is -0.860. The molecular formula is C15H24N2. The third-order valence-electron chi connectivity index (χ3n) is 4.30. The number of rotatable bonds is 2. The van der Waals surface area contributed by atoms with E-state index < -0.39 is 0 Å². The molecule has 0 spiro atoms. The predicted octanol–water partition coefficient (Wildman–Crippen LogP) is 2.56. The second-order valence-electron chi connectivity index (χ2n) is 5.57. The fourth-order valence-electron chi connectivity index (χ4n) is 2.93. The molecule has 2 N–H and O–H groups in total. The molecule has 0 bridgehead atoms. The van der Waals surface area contributed by atoms with Gasteiger partial charge in [0, 0.05) is 12.6 Å². The fraction of sp³-hybridized carbons (Fsp3) is 0.600. The van der Waals surface area contributed by atoms with Gasteiger partial charge in [0.25, 0.3) is 0 Å². The number of hydrogen-bond acceptors (Lipinski definition) is 2. The number of nitrogens with two attached hydrogens (primary N) is 1. The lowest BCUT2D eigenvalue weighted by molar-refractivity contribution is 0.313. The predicted molar refractivity (Wildman–Crippen MR) is 73.2 cm³/mol. The molecule has 2 nitrogen and oxygen atoms in total. The van der Waals surface area contributed by atoms with Crippen LogP contribution in [-0.4, -0.2) is 25.0 Å². The van der Waals surface area contributed by atoms with Crippen LogP contribution < -0.4 is 5.73 Å². The molecule has 0 amide bonds. The summed E-state index contributed by atoms with van der Waals surface area (Å²) in [5.41, 5.74) is 11.5. The number of hydrogen-bond donors (Lipinski definition) is 1. The van der Waals surface area contributed by atoms with Gasteiger partial charge in [0.15, 0.2) is 0 Å². The van der Waals surface area contributed by atoms with Crippen molar-refractivity contribution in [3.63, 3.8) is 0 Å². The van der Waals surface area contributed by atoms with E-state index in [1.807, 2.05) is 0 Å². The van der Waals surface area contributed by atoms with Crippen molar-refractivity contribution in [1.29, 1.82) is 0 Å². The lowest BCUT2D eigenvalue weighted by Gasteiger charge is -2.21. The van der Waals surface area contributed by atoms with Gasteiger partial charge in [0.2, 0.25) is 0 Å². The second kappa shape index (κ2) is 4.79. The molecule has 0 saturated carbocycles. The maximum Gasteiger partial charge on any atom is 0.0348 e. The van der Waals surface area contributed by atoms with Gasteiger partial charge in [-0.3, -0.25) is 4.90 Å². The zero-order valence-electron chi connectivity index (χ0n) is 11.5. The molecule has 2 unspecified atom stereocenters. The van der Waals surface area contributed by atoms with E-state index in [0.717, 1.165) is 13.1 Å². The maximum absolute atomic E-state index is 5.79. The number of likely N-dealkylation sites (tertiary alicyclic amines) is 1. The summed E-state index contributed by atoms with van der Waals surface area (Å²) >= 11 is 0. The zero-order valence-corrected chi connectivity index (χ0v) is 11.5. The van der Waals surface area contributed by atoms with Gasteiger partial charge in [-0.2, -0.15) is 0 Å². The normalized spacial score (nSPS) is 25.5. The fourth-order valence-corrected chi connectivity index (χ4v) is 2.93. The summed E-state index contributed by atoms with van der Waals surface area (Å²) < 4.78 is 0. The highest BCUT2D eigenvalue weighted by atomic mass is 15.2. The number of nitrogens with zero attached hydrogens (tertiary/aromatic N) is 1. The van der Waals surface area contributed by atoms with Gasteiger partial charge in [0.05, 0.1) is 0 Å². The van der Waals surface area contributed by atoms with Crippen LogP contribution in [-0.2, 0) is 0 Å². The Morgan fingerprint density at radius 1 is 1.24 bits per heavy atom. The standard InChI is InChI=1S/C15H24N2/c1-10-5-14(6-11(2)12(10)3)15-7-13(8-16)9-17(15)4/h5-6,13,15H,7-9,16H2,1-4H3. The van der Waals surface area contributed by atoms with Crippen LogP contribution in [0.15, 0.2) is 12.1 Å². The Morgan fingerprint density at radius 2 is 1.82 bits per heavy atom. The summed E-state index contributed by atoms with van der Waals surface area (Å²) in [7, 11) is 2.21. The molecule has 0 aliphatic carbocycles. The minimum Gasteiger partial charge on any atom is -0.330 e. The van der Waals surface area contributed by atoms with Crippen LogP contribution in [0.5, 0.6) is 0 Å². The van der Waals surface area contributed by atoms with Gasteiger partial charge in [-0.15, -0.1) is 0 Å². The highest BCUT2D eigenvalue weighted by Crippen LogP contribution is 2.35. The van der Waals surface area contributed by atoms with Gasteiger partial charge in [-0.05, 0) is 69.0 Å². The van der Waals surface area contributed by atoms with Crippen LogP contribution in [0.1, 0.15) is 34.7 Å². The summed E-state index contributed by atoms with van der Waals surface area (Å²) in [6, 6.07) is 5.26. The molecule has 0 aromatic heterocycles. The lowest BCUT2D eigenvalue weighted by atomic mass is 9.94. The van der Waals surface area contributed by atoms with Crippen molar-refractivity contribution >= 4 is 0 Å². The quantitative estimate of drug-likeness (QED) is 0.849. The Bertz CT molecular complexity index is 388. The van der Waals surface area contributed by atoms with Crippen LogP contribution in [0.2, 0.25) is 0 Å². The van der Waals surface area contributed by atoms with Crippen molar-refractivity contribution in [1.82, 2.24) is 4.90 Å². The molecule has 17 heavy (non-hydrogen) atoms. The Labute approximate surface area is 105 Å². The minimum atomic E-state index is 0.557. The summed E-state index contributed by atoms with van der Waals surface area (Å²) in [6.45, 7) is 8.57. The average Bonchev–Trinajstić information content (AvgIpc) is 2.67. The monoisotopic (exact) mass is 232 g/mol. The molecule has 1 saturated heterocycles. The number of benzene rings is 1. The first-order valence-corrected chi connectivity index (χ1v) is 6.51. The molecule has 2 rings (SSSR count). The molecule has 2 atom stereocenters. The SMILES string of the molecule is Cc1cc(C2CC(CN)CN2C)cc(C)c1C. The Morgan fingerprint density at radius 3 is 2.29 bits per heavy atom. The van der Waals surface area contributed by atoms with E-state index in [-0.39, 0.29) is 0 Å². The van der Waals surface area contributed by atoms with Crippen LogP contribution in [0.3, 0.4) is 0 Å². The third kappa shape index (κ3) is 2.38. The molecule has 1 aromatic carbocycles. The molecule has 2 heteroatoms. The van der Waals surface area contributed by atoms with Gasteiger partial charge in [-0.25, -0.2) is 0 Å². The van der Waals surface area contributed by atoms with Gasteiger partial charge in [0.1, 0.15) is 0 Å². The first-order chi connectivity index (χ1) is 8.02. The molecule has 1 fully saturated rings. The summed E-state index contributed by atoms with van der Waals surface area (Å²) in [5, 5.41) is 0. The summed E-state index contributed by atoms with van der Waals surface area (Å²) in [6.07, 6.45) is 1.20. The van der Waals surface area contributed by atoms with E-state index in [1.54, 1.807) is 0 Å². The van der Waals surface area contributed by atoms with Crippen molar-refractivity contribution in [3.8, 4) is 0 Å². The highest BCUT2D eigenvalue weighted by Gasteiger charge is 2.29. The Kier molecular flexibility index (Phi) is 3.55. The van der Waals surface area contributed by atoms with Crippen molar-refractivity contribution in [2.45, 2.75) is 33.2 Å². The first kappa shape index (κ1) is 12.6. The van der Waals surface area contributed by atoms with Gasteiger partial charge < -0.3 is 5.73 Å². The molecule has 0 radical (unpaired) electrons. The van der Waals surface area contributed by atoms with E-state index in [0.29, 0.717) is 12.0 Å². The zero-order chi connectivity index (χ0) is 12.6. The Balaban J connectivity index is 2.29. The van der Waals surface area contributed by atoms with E-state index in [2.05, 4.69) is 44.9 Å². The summed E-state index contributed by atoms with van der Waals surface area (Å²) in [4.78, 5) is 2.45. The van der Waals surface area contributed by atoms with E-state index in [4.69, 9.17) is 5.73 Å². The molecule has 1 heterocycles. The van der Waals surface area contributed by atoms with E-state index >= 15 is 0 Å². The van der Waals surface area contributed by atoms with Gasteiger partial charge >= 0.3 is 0 Å². The topological polar surface area (TPSA) is 29.3 Å². The average molecular weight is 232 g/mol. The summed E-state index contributed by atoms with van der Waals surface area (Å²) in [5.74, 6) is 0.659. The van der Waals surface area contributed by atoms with Crippen molar-refractivity contribution in [2.75, 3.05) is 20.1 Å². The van der Waals surface area contributed by atoms with Crippen molar-refractivity contribution in [2.24, 2.45) is 11.7 Å². The van der Waals surface area contributed by atoms with Gasteiger partial charge in [-0.1, -0.05) is 12.1 Å². The highest BCUT2D eigenvalue weighted by molar-refractivity contribution is 5.38. The van der Waals surface area contributed by atoms with E-state index in [1.165, 1.54) is 28.7 Å². The van der Waals surface area contributed by atoms with Crippen LogP contribution in [0.25, 0.3) is 0 Å². The maximum atomic E-state index is 5.79. The van der Waals surface area contributed by atoms with E-state index in [9.17, 15) is 0 Å². The smallest absolute Gasteiger partial charge is 0.0348 e. The third-order valence-corrected chi connectivity index (χ3v) is 4.30. The first-order valence-electron chi connectivity index (χ1n) is 6.51. The van der Waals surface area contributed by atoms with Crippen molar-refractivity contribution in [3.05, 3.63) is 34.4 Å². The molecule has 1 aliphatic rings. The van der Waals surface area contributed by atoms with Crippen LogP contribution >= 0.6 is 0 Å². The number of aryl methyl sites for hydroxylation is 2. The molecule has 94 valence electrons. The molecule has 1 aliphatic heterocycles. The van der Waals surface area contributed by atoms with Crippen molar-refractivity contribution < 1.29 is 0 Å². The second-order valence-corrected chi connectivity index (χ2v) is 5.57.